The zero-order chi connectivity index (χ0) is 28.0. The Kier molecular flexibility index (Phi) is 8.53. The number of halogens is 1. The quantitative estimate of drug-likeness (QED) is 0.346. The summed E-state index contributed by atoms with van der Waals surface area (Å²) in [6.07, 6.45) is 2.87. The monoisotopic (exact) mass is 537 g/mol. The van der Waals surface area contributed by atoms with Gasteiger partial charge in [0.1, 0.15) is 34.2 Å². The number of aromatic nitrogens is 1. The number of benzene rings is 2. The second-order valence-electron chi connectivity index (χ2n) is 10.1. The maximum absolute atomic E-state index is 13.4. The molecular formula is C29H32FN3O6. The molecule has 2 aromatic carbocycles. The summed E-state index contributed by atoms with van der Waals surface area (Å²) in [5.74, 6) is 0.350. The summed E-state index contributed by atoms with van der Waals surface area (Å²) >= 11 is 0. The van der Waals surface area contributed by atoms with Crippen molar-refractivity contribution in [3.05, 3.63) is 72.2 Å². The number of piperidine rings is 1. The van der Waals surface area contributed by atoms with Crippen molar-refractivity contribution in [1.82, 2.24) is 9.88 Å². The Hall–Kier alpha value is -4.34. The second-order valence-corrected chi connectivity index (χ2v) is 10.1. The number of esters is 1. The number of carbonyl (C=O) groups is 2. The summed E-state index contributed by atoms with van der Waals surface area (Å²) in [6, 6.07) is 14.0. The van der Waals surface area contributed by atoms with Crippen molar-refractivity contribution in [3.8, 4) is 23.1 Å². The minimum absolute atomic E-state index is 0.0454. The van der Waals surface area contributed by atoms with E-state index in [-0.39, 0.29) is 23.6 Å². The molecule has 1 aromatic heterocycles. The van der Waals surface area contributed by atoms with Crippen molar-refractivity contribution >= 4 is 17.7 Å². The number of nitrogens with one attached hydrogen (secondary N) is 1. The van der Waals surface area contributed by atoms with Crippen molar-refractivity contribution in [2.45, 2.75) is 45.3 Å². The summed E-state index contributed by atoms with van der Waals surface area (Å²) in [4.78, 5) is 31.1. The van der Waals surface area contributed by atoms with Gasteiger partial charge in [-0.3, -0.25) is 0 Å². The fourth-order valence-corrected chi connectivity index (χ4v) is 4.05. The number of hydrogen-bond acceptors (Lipinski definition) is 8. The maximum Gasteiger partial charge on any atom is 0.410 e. The summed E-state index contributed by atoms with van der Waals surface area (Å²) in [7, 11) is 1.28. The number of methoxy groups -OCH3 is 1. The van der Waals surface area contributed by atoms with Crippen molar-refractivity contribution in [3.63, 3.8) is 0 Å². The first kappa shape index (κ1) is 27.7. The highest BCUT2D eigenvalue weighted by Crippen LogP contribution is 2.30. The van der Waals surface area contributed by atoms with Crippen molar-refractivity contribution in [2.75, 3.05) is 25.5 Å². The molecule has 4 rings (SSSR count). The Morgan fingerprint density at radius 2 is 1.74 bits per heavy atom. The molecule has 0 saturated carbocycles. The standard InChI is InChI=1S/C29H32FN3O6/c1-29(2,3)39-28(35)33-14-6-8-20(18-33)32-21-16-25(27(34)36-4)26(31-17-21)38-23-12-10-22(11-13-23)37-24-9-5-7-19(30)15-24/h5,7,9-13,15-17,20,32H,6,8,14,18H2,1-4H3. The van der Waals surface area contributed by atoms with Crippen LogP contribution in [0.4, 0.5) is 14.9 Å². The highest BCUT2D eigenvalue weighted by Gasteiger charge is 2.28. The van der Waals surface area contributed by atoms with Crippen LogP contribution in [0.15, 0.2) is 60.8 Å². The molecule has 206 valence electrons. The Bertz CT molecular complexity index is 1310. The Morgan fingerprint density at radius 3 is 2.41 bits per heavy atom. The van der Waals surface area contributed by atoms with Gasteiger partial charge in [-0.2, -0.15) is 0 Å². The van der Waals surface area contributed by atoms with E-state index in [9.17, 15) is 14.0 Å². The largest absolute Gasteiger partial charge is 0.465 e. The molecule has 1 unspecified atom stereocenters. The van der Waals surface area contributed by atoms with Crippen LogP contribution in [0, 0.1) is 5.82 Å². The van der Waals surface area contributed by atoms with Gasteiger partial charge in [0.2, 0.25) is 5.88 Å². The molecule has 1 fully saturated rings. The molecule has 0 bridgehead atoms. The van der Waals surface area contributed by atoms with Gasteiger partial charge in [-0.1, -0.05) is 6.07 Å². The van der Waals surface area contributed by atoms with Crippen LogP contribution in [0.5, 0.6) is 23.1 Å². The van der Waals surface area contributed by atoms with Gasteiger partial charge in [-0.15, -0.1) is 0 Å². The Morgan fingerprint density at radius 1 is 1.03 bits per heavy atom. The third-order valence-corrected chi connectivity index (χ3v) is 5.77. The Labute approximate surface area is 226 Å². The molecule has 1 saturated heterocycles. The van der Waals surface area contributed by atoms with Crippen LogP contribution < -0.4 is 14.8 Å². The van der Waals surface area contributed by atoms with E-state index in [0.717, 1.165) is 12.8 Å². The molecule has 0 radical (unpaired) electrons. The van der Waals surface area contributed by atoms with Crippen molar-refractivity contribution < 1.29 is 32.9 Å². The van der Waals surface area contributed by atoms with Crippen LogP contribution in [0.3, 0.4) is 0 Å². The van der Waals surface area contributed by atoms with E-state index in [2.05, 4.69) is 10.3 Å². The average Bonchev–Trinajstić information content (AvgIpc) is 2.89. The van der Waals surface area contributed by atoms with Gasteiger partial charge in [0, 0.05) is 25.2 Å². The number of amides is 1. The predicted octanol–water partition coefficient (Wildman–Crippen LogP) is 6.40. The lowest BCUT2D eigenvalue weighted by Crippen LogP contribution is -2.47. The van der Waals surface area contributed by atoms with Gasteiger partial charge in [-0.25, -0.2) is 19.0 Å². The number of carbonyl (C=O) groups excluding carboxylic acids is 2. The molecule has 39 heavy (non-hydrogen) atoms. The first-order valence-corrected chi connectivity index (χ1v) is 12.6. The van der Waals surface area contributed by atoms with Gasteiger partial charge >= 0.3 is 12.1 Å². The smallest absolute Gasteiger partial charge is 0.410 e. The minimum Gasteiger partial charge on any atom is -0.465 e. The van der Waals surface area contributed by atoms with E-state index in [4.69, 9.17) is 18.9 Å². The van der Waals surface area contributed by atoms with Crippen LogP contribution in [0.1, 0.15) is 44.0 Å². The summed E-state index contributed by atoms with van der Waals surface area (Å²) in [6.45, 7) is 6.60. The topological polar surface area (TPSA) is 99.2 Å². The van der Waals surface area contributed by atoms with Crippen LogP contribution in [-0.2, 0) is 9.47 Å². The highest BCUT2D eigenvalue weighted by atomic mass is 19.1. The first-order valence-electron chi connectivity index (χ1n) is 12.6. The van der Waals surface area contributed by atoms with E-state index >= 15 is 0 Å². The number of nitrogens with zero attached hydrogens (tertiary/aromatic N) is 2. The van der Waals surface area contributed by atoms with Crippen molar-refractivity contribution in [1.29, 1.82) is 0 Å². The molecule has 3 aromatic rings. The van der Waals surface area contributed by atoms with E-state index in [1.54, 1.807) is 53.6 Å². The van der Waals surface area contributed by atoms with Gasteiger partial charge in [0.25, 0.3) is 0 Å². The second kappa shape index (κ2) is 12.0. The SMILES string of the molecule is COC(=O)c1cc(NC2CCCN(C(=O)OC(C)(C)C)C2)cnc1Oc1ccc(Oc2cccc(F)c2)cc1. The van der Waals surface area contributed by atoms with Gasteiger partial charge in [-0.05, 0) is 76.1 Å². The fourth-order valence-electron chi connectivity index (χ4n) is 4.05. The normalized spacial score (nSPS) is 15.3. The lowest BCUT2D eigenvalue weighted by Gasteiger charge is -2.34. The number of likely N-dealkylation sites (tertiary alicyclic amines) is 1. The lowest BCUT2D eigenvalue weighted by atomic mass is 10.1. The lowest BCUT2D eigenvalue weighted by molar-refractivity contribution is 0.0206. The molecule has 1 atom stereocenters. The number of pyridine rings is 1. The highest BCUT2D eigenvalue weighted by molar-refractivity contribution is 5.93. The molecule has 1 aliphatic rings. The molecule has 2 heterocycles. The maximum atomic E-state index is 13.4. The molecule has 0 aliphatic carbocycles. The van der Waals surface area contributed by atoms with Gasteiger partial charge in [0.05, 0.1) is 19.0 Å². The molecule has 1 N–H and O–H groups in total. The Balaban J connectivity index is 1.43. The molecule has 1 aliphatic heterocycles. The third-order valence-electron chi connectivity index (χ3n) is 5.77. The zero-order valence-electron chi connectivity index (χ0n) is 22.4. The number of hydrogen-bond donors (Lipinski definition) is 1. The third kappa shape index (κ3) is 7.83. The first-order chi connectivity index (χ1) is 18.6. The van der Waals surface area contributed by atoms with Crippen LogP contribution in [0.2, 0.25) is 0 Å². The molecular weight excluding hydrogens is 505 g/mol. The van der Waals surface area contributed by atoms with Crippen molar-refractivity contribution in [2.24, 2.45) is 0 Å². The van der Waals surface area contributed by atoms with E-state index in [1.165, 1.54) is 19.2 Å². The number of anilines is 1. The molecule has 10 heteroatoms. The minimum atomic E-state index is -0.605. The van der Waals surface area contributed by atoms with Gasteiger partial charge in [0.15, 0.2) is 0 Å². The molecule has 0 spiro atoms. The average molecular weight is 538 g/mol. The number of rotatable bonds is 7. The zero-order valence-corrected chi connectivity index (χ0v) is 22.4. The number of ether oxygens (including phenoxy) is 4. The summed E-state index contributed by atoms with van der Waals surface area (Å²) in [5, 5.41) is 3.36. The molecule has 9 nitrogen and oxygen atoms in total. The predicted molar refractivity (Wildman–Crippen MR) is 143 cm³/mol. The van der Waals surface area contributed by atoms with E-state index < -0.39 is 17.4 Å². The molecule has 1 amide bonds. The van der Waals surface area contributed by atoms with E-state index in [0.29, 0.717) is 36.0 Å². The fraction of sp³-hybridized carbons (Fsp3) is 0.345. The summed E-state index contributed by atoms with van der Waals surface area (Å²) in [5.41, 5.74) is 0.168. The van der Waals surface area contributed by atoms with Crippen LogP contribution in [-0.4, -0.2) is 53.8 Å². The van der Waals surface area contributed by atoms with Crippen LogP contribution >= 0.6 is 0 Å². The van der Waals surface area contributed by atoms with E-state index in [1.807, 2.05) is 20.8 Å². The summed E-state index contributed by atoms with van der Waals surface area (Å²) < 4.78 is 35.4. The van der Waals surface area contributed by atoms with Crippen LogP contribution in [0.25, 0.3) is 0 Å². The van der Waals surface area contributed by atoms with Gasteiger partial charge < -0.3 is 29.2 Å².